The number of aliphatic hydroxyl groups excluding tert-OH is 1. The van der Waals surface area contributed by atoms with Crippen molar-refractivity contribution in [3.05, 3.63) is 0 Å². The highest BCUT2D eigenvalue weighted by atomic mass is 16.3. The summed E-state index contributed by atoms with van der Waals surface area (Å²) in [7, 11) is 0. The molecule has 0 aliphatic carbocycles. The van der Waals surface area contributed by atoms with E-state index in [2.05, 4.69) is 5.32 Å². The van der Waals surface area contributed by atoms with E-state index in [1.54, 1.807) is 0 Å². The molecule has 0 unspecified atom stereocenters. The zero-order chi connectivity index (χ0) is 9.26. The maximum atomic E-state index is 11.6. The van der Waals surface area contributed by atoms with Gasteiger partial charge in [-0.1, -0.05) is 0 Å². The molecule has 2 amide bonds. The van der Waals surface area contributed by atoms with Gasteiger partial charge in [0.1, 0.15) is 0 Å². The van der Waals surface area contributed by atoms with Crippen LogP contribution in [0.2, 0.25) is 0 Å². The Morgan fingerprint density at radius 1 is 1.31 bits per heavy atom. The fourth-order valence-corrected chi connectivity index (χ4v) is 2.50. The van der Waals surface area contributed by atoms with Crippen LogP contribution in [0.5, 0.6) is 0 Å². The van der Waals surface area contributed by atoms with Crippen molar-refractivity contribution >= 4 is 6.03 Å². The van der Waals surface area contributed by atoms with E-state index in [-0.39, 0.29) is 12.6 Å². The molecule has 0 aromatic heterocycles. The van der Waals surface area contributed by atoms with Crippen molar-refractivity contribution in [1.82, 2.24) is 10.2 Å². The van der Waals surface area contributed by atoms with Crippen LogP contribution in [0.4, 0.5) is 4.79 Å². The second-order valence-corrected chi connectivity index (χ2v) is 3.83. The maximum Gasteiger partial charge on any atom is 0.317 e. The van der Waals surface area contributed by atoms with Crippen LogP contribution in [-0.2, 0) is 0 Å². The number of hydrogen-bond acceptors (Lipinski definition) is 2. The van der Waals surface area contributed by atoms with Gasteiger partial charge in [-0.25, -0.2) is 4.79 Å². The van der Waals surface area contributed by atoms with Crippen LogP contribution >= 0.6 is 0 Å². The molecular formula is C9H16N2O2. The minimum atomic E-state index is 0.0130. The fourth-order valence-electron chi connectivity index (χ4n) is 2.50. The van der Waals surface area contributed by atoms with E-state index in [0.29, 0.717) is 18.6 Å². The minimum absolute atomic E-state index is 0.0130. The third-order valence-electron chi connectivity index (χ3n) is 3.08. The second kappa shape index (κ2) is 3.54. The zero-order valence-electron chi connectivity index (χ0n) is 7.70. The van der Waals surface area contributed by atoms with Crippen molar-refractivity contribution in [2.24, 2.45) is 0 Å². The Bertz CT molecular complexity index is 188. The van der Waals surface area contributed by atoms with Crippen molar-refractivity contribution in [2.45, 2.75) is 37.8 Å². The first-order valence-electron chi connectivity index (χ1n) is 5.00. The molecule has 2 saturated heterocycles. The average molecular weight is 184 g/mol. The van der Waals surface area contributed by atoms with Gasteiger partial charge in [-0.2, -0.15) is 0 Å². The molecule has 4 nitrogen and oxygen atoms in total. The highest BCUT2D eigenvalue weighted by Crippen LogP contribution is 2.37. The number of aliphatic hydroxyl groups is 1. The monoisotopic (exact) mass is 184 g/mol. The molecule has 0 atom stereocenters. The molecule has 74 valence electrons. The predicted molar refractivity (Wildman–Crippen MR) is 48.4 cm³/mol. The van der Waals surface area contributed by atoms with Gasteiger partial charge in [0.25, 0.3) is 0 Å². The molecular weight excluding hydrogens is 168 g/mol. The molecule has 2 aliphatic heterocycles. The number of carbonyl (C=O) groups excluding carboxylic acids is 1. The zero-order valence-corrected chi connectivity index (χ0v) is 7.70. The van der Waals surface area contributed by atoms with Gasteiger partial charge in [0, 0.05) is 18.6 Å². The third-order valence-corrected chi connectivity index (χ3v) is 3.08. The van der Waals surface area contributed by atoms with Crippen LogP contribution < -0.4 is 5.32 Å². The highest BCUT2D eigenvalue weighted by molar-refractivity contribution is 5.75. The van der Waals surface area contributed by atoms with E-state index in [0.717, 1.165) is 25.7 Å². The Labute approximate surface area is 77.9 Å². The van der Waals surface area contributed by atoms with E-state index in [9.17, 15) is 4.79 Å². The number of amides is 2. The van der Waals surface area contributed by atoms with Crippen molar-refractivity contribution in [2.75, 3.05) is 13.2 Å². The first-order valence-corrected chi connectivity index (χ1v) is 5.00. The summed E-state index contributed by atoms with van der Waals surface area (Å²) < 4.78 is 0. The Kier molecular flexibility index (Phi) is 2.40. The van der Waals surface area contributed by atoms with E-state index in [1.165, 1.54) is 0 Å². The molecule has 2 heterocycles. The molecule has 0 aromatic carbocycles. The number of hydrogen-bond donors (Lipinski definition) is 2. The first kappa shape index (κ1) is 8.81. The Morgan fingerprint density at radius 2 is 1.85 bits per heavy atom. The lowest BCUT2D eigenvalue weighted by Gasteiger charge is -2.22. The van der Waals surface area contributed by atoms with E-state index < -0.39 is 0 Å². The van der Waals surface area contributed by atoms with Crippen molar-refractivity contribution in [3.63, 3.8) is 0 Å². The summed E-state index contributed by atoms with van der Waals surface area (Å²) in [6.07, 6.45) is 4.66. The van der Waals surface area contributed by atoms with Gasteiger partial charge < -0.3 is 15.3 Å². The predicted octanol–water partition coefficient (Wildman–Crippen LogP) is 0.315. The maximum absolute atomic E-state index is 11.6. The van der Waals surface area contributed by atoms with E-state index in [1.807, 2.05) is 4.90 Å². The number of nitrogens with zero attached hydrogens (tertiary/aromatic N) is 1. The van der Waals surface area contributed by atoms with E-state index >= 15 is 0 Å². The quantitative estimate of drug-likeness (QED) is 0.649. The molecule has 0 aromatic rings. The SMILES string of the molecule is O=C(NCCO)N1C2CCC1CC2. The number of urea groups is 1. The van der Waals surface area contributed by atoms with Crippen LogP contribution in [0.3, 0.4) is 0 Å². The molecule has 2 aliphatic rings. The third kappa shape index (κ3) is 1.50. The number of carbonyl (C=O) groups is 1. The fraction of sp³-hybridized carbons (Fsp3) is 0.889. The van der Waals surface area contributed by atoms with Gasteiger partial charge in [-0.05, 0) is 25.7 Å². The van der Waals surface area contributed by atoms with Crippen molar-refractivity contribution in [1.29, 1.82) is 0 Å². The molecule has 0 spiro atoms. The second-order valence-electron chi connectivity index (χ2n) is 3.83. The lowest BCUT2D eigenvalue weighted by Crippen LogP contribution is -2.43. The summed E-state index contributed by atoms with van der Waals surface area (Å²) in [5.41, 5.74) is 0. The van der Waals surface area contributed by atoms with Gasteiger partial charge >= 0.3 is 6.03 Å². The Balaban J connectivity index is 1.90. The standard InChI is InChI=1S/C9H16N2O2/c12-6-5-10-9(13)11-7-1-2-8(11)4-3-7/h7-8,12H,1-6H2,(H,10,13). The van der Waals surface area contributed by atoms with Gasteiger partial charge in [-0.15, -0.1) is 0 Å². The highest BCUT2D eigenvalue weighted by Gasteiger charge is 2.41. The van der Waals surface area contributed by atoms with E-state index in [4.69, 9.17) is 5.11 Å². The van der Waals surface area contributed by atoms with Gasteiger partial charge in [0.05, 0.1) is 6.61 Å². The Morgan fingerprint density at radius 3 is 2.31 bits per heavy atom. The van der Waals surface area contributed by atoms with Crippen LogP contribution in [0.15, 0.2) is 0 Å². The summed E-state index contributed by atoms with van der Waals surface area (Å²) in [5.74, 6) is 0. The van der Waals surface area contributed by atoms with Crippen molar-refractivity contribution < 1.29 is 9.90 Å². The normalized spacial score (nSPS) is 31.0. The lowest BCUT2D eigenvalue weighted by molar-refractivity contribution is 0.187. The van der Waals surface area contributed by atoms with Crippen LogP contribution in [-0.4, -0.2) is 41.3 Å². The molecule has 2 fully saturated rings. The molecule has 0 radical (unpaired) electrons. The summed E-state index contributed by atoms with van der Waals surface area (Å²) in [5, 5.41) is 11.3. The van der Waals surface area contributed by atoms with Crippen LogP contribution in [0.25, 0.3) is 0 Å². The van der Waals surface area contributed by atoms with Crippen LogP contribution in [0.1, 0.15) is 25.7 Å². The minimum Gasteiger partial charge on any atom is -0.395 e. The number of nitrogens with one attached hydrogen (secondary N) is 1. The summed E-state index contributed by atoms with van der Waals surface area (Å²) in [4.78, 5) is 13.5. The smallest absolute Gasteiger partial charge is 0.317 e. The molecule has 2 N–H and O–H groups in total. The molecule has 0 saturated carbocycles. The Hall–Kier alpha value is -0.770. The number of fused-ring (bicyclic) bond motifs is 2. The average Bonchev–Trinajstić information content (AvgIpc) is 2.73. The topological polar surface area (TPSA) is 52.6 Å². The first-order chi connectivity index (χ1) is 6.33. The molecule has 13 heavy (non-hydrogen) atoms. The number of rotatable bonds is 2. The van der Waals surface area contributed by atoms with Gasteiger partial charge in [0.15, 0.2) is 0 Å². The largest absolute Gasteiger partial charge is 0.395 e. The molecule has 2 bridgehead atoms. The molecule has 4 heteroatoms. The summed E-state index contributed by atoms with van der Waals surface area (Å²) in [6.45, 7) is 0.393. The lowest BCUT2D eigenvalue weighted by atomic mass is 10.0. The van der Waals surface area contributed by atoms with Gasteiger partial charge in [-0.3, -0.25) is 0 Å². The molecule has 2 rings (SSSR count). The summed E-state index contributed by atoms with van der Waals surface area (Å²) in [6, 6.07) is 0.964. The van der Waals surface area contributed by atoms with Gasteiger partial charge in [0.2, 0.25) is 0 Å². The van der Waals surface area contributed by atoms with Crippen molar-refractivity contribution in [3.8, 4) is 0 Å². The summed E-state index contributed by atoms with van der Waals surface area (Å²) >= 11 is 0. The van der Waals surface area contributed by atoms with Crippen LogP contribution in [0, 0.1) is 0 Å².